The summed E-state index contributed by atoms with van der Waals surface area (Å²) < 4.78 is 0.972. The predicted octanol–water partition coefficient (Wildman–Crippen LogP) is 3.94. The third kappa shape index (κ3) is 5.93. The van der Waals surface area contributed by atoms with Crippen molar-refractivity contribution in [1.82, 2.24) is 5.32 Å². The fourth-order valence-electron chi connectivity index (χ4n) is 1.90. The normalized spacial score (nSPS) is 12.7. The molecule has 0 saturated heterocycles. The van der Waals surface area contributed by atoms with Crippen LogP contribution in [-0.4, -0.2) is 17.6 Å². The highest BCUT2D eigenvalue weighted by atomic mass is 79.9. The molecule has 0 fully saturated rings. The molecule has 19 heavy (non-hydrogen) atoms. The molecular formula is C14H19BrClNO2. The van der Waals surface area contributed by atoms with Gasteiger partial charge >= 0.3 is 5.97 Å². The molecule has 0 saturated carbocycles. The van der Waals surface area contributed by atoms with E-state index in [1.165, 1.54) is 0 Å². The van der Waals surface area contributed by atoms with Crippen LogP contribution < -0.4 is 5.32 Å². The van der Waals surface area contributed by atoms with Crippen molar-refractivity contribution in [3.63, 3.8) is 0 Å². The van der Waals surface area contributed by atoms with Gasteiger partial charge in [-0.3, -0.25) is 4.79 Å². The number of nitrogens with one attached hydrogen (secondary N) is 1. The van der Waals surface area contributed by atoms with Gasteiger partial charge in [0.2, 0.25) is 0 Å². The van der Waals surface area contributed by atoms with Gasteiger partial charge in [0.05, 0.1) is 5.92 Å². The molecule has 0 aliphatic carbocycles. The zero-order chi connectivity index (χ0) is 14.4. The van der Waals surface area contributed by atoms with Crippen LogP contribution in [0.5, 0.6) is 0 Å². The van der Waals surface area contributed by atoms with Crippen LogP contribution in [0.15, 0.2) is 22.7 Å². The monoisotopic (exact) mass is 347 g/mol. The number of hydrogen-bond acceptors (Lipinski definition) is 2. The molecule has 1 rings (SSSR count). The number of benzene rings is 1. The second-order valence-corrected chi connectivity index (χ2v) is 6.32. The first kappa shape index (κ1) is 16.5. The highest BCUT2D eigenvalue weighted by Crippen LogP contribution is 2.21. The molecule has 1 aromatic rings. The zero-order valence-corrected chi connectivity index (χ0v) is 13.5. The van der Waals surface area contributed by atoms with Gasteiger partial charge in [0.15, 0.2) is 0 Å². The van der Waals surface area contributed by atoms with Crippen molar-refractivity contribution < 1.29 is 9.90 Å². The highest BCUT2D eigenvalue weighted by Gasteiger charge is 2.18. The molecule has 2 N–H and O–H groups in total. The Bertz CT molecular complexity index is 437. The molecule has 0 aliphatic rings. The van der Waals surface area contributed by atoms with Crippen molar-refractivity contribution in [2.24, 2.45) is 11.8 Å². The maximum atomic E-state index is 11.1. The first-order chi connectivity index (χ1) is 8.90. The van der Waals surface area contributed by atoms with E-state index in [-0.39, 0.29) is 5.92 Å². The van der Waals surface area contributed by atoms with Gasteiger partial charge in [-0.15, -0.1) is 0 Å². The highest BCUT2D eigenvalue weighted by molar-refractivity contribution is 9.10. The molecule has 0 bridgehead atoms. The van der Waals surface area contributed by atoms with E-state index in [0.717, 1.165) is 10.0 Å². The number of carboxylic acids is 1. The summed E-state index contributed by atoms with van der Waals surface area (Å²) in [6.45, 7) is 5.13. The lowest BCUT2D eigenvalue weighted by Crippen LogP contribution is -2.29. The maximum Gasteiger partial charge on any atom is 0.307 e. The Balaban J connectivity index is 2.52. The lowest BCUT2D eigenvalue weighted by molar-refractivity contribution is -0.142. The third-order valence-electron chi connectivity index (χ3n) is 2.82. The average molecular weight is 349 g/mol. The summed E-state index contributed by atoms with van der Waals surface area (Å²) in [5.74, 6) is -0.717. The van der Waals surface area contributed by atoms with E-state index in [1.807, 2.05) is 32.0 Å². The summed E-state index contributed by atoms with van der Waals surface area (Å²) in [7, 11) is 0. The van der Waals surface area contributed by atoms with Crippen molar-refractivity contribution in [1.29, 1.82) is 0 Å². The molecule has 3 nitrogen and oxygen atoms in total. The van der Waals surface area contributed by atoms with Crippen LogP contribution in [0, 0.1) is 11.8 Å². The summed E-state index contributed by atoms with van der Waals surface area (Å²) in [5, 5.41) is 13.0. The van der Waals surface area contributed by atoms with Gasteiger partial charge in [0.1, 0.15) is 0 Å². The zero-order valence-electron chi connectivity index (χ0n) is 11.1. The van der Waals surface area contributed by atoms with E-state index < -0.39 is 5.97 Å². The summed E-state index contributed by atoms with van der Waals surface area (Å²) >= 11 is 9.39. The fraction of sp³-hybridized carbons (Fsp3) is 0.500. The SMILES string of the molecule is CC(C)CC(CNCc1cc(Cl)ccc1Br)C(=O)O. The van der Waals surface area contributed by atoms with Crippen molar-refractivity contribution in [3.05, 3.63) is 33.3 Å². The minimum absolute atomic E-state index is 0.349. The molecule has 0 aromatic heterocycles. The van der Waals surface area contributed by atoms with Crippen LogP contribution in [0.3, 0.4) is 0 Å². The van der Waals surface area contributed by atoms with E-state index in [2.05, 4.69) is 21.2 Å². The van der Waals surface area contributed by atoms with Crippen molar-refractivity contribution >= 4 is 33.5 Å². The van der Waals surface area contributed by atoms with Crippen molar-refractivity contribution in [2.45, 2.75) is 26.8 Å². The van der Waals surface area contributed by atoms with E-state index in [4.69, 9.17) is 16.7 Å². The number of carbonyl (C=O) groups is 1. The van der Waals surface area contributed by atoms with Gasteiger partial charge in [0, 0.05) is 22.6 Å². The molecule has 106 valence electrons. The maximum absolute atomic E-state index is 11.1. The summed E-state index contributed by atoms with van der Waals surface area (Å²) in [4.78, 5) is 11.1. The van der Waals surface area contributed by atoms with Gasteiger partial charge in [-0.2, -0.15) is 0 Å². The Labute approximate surface area is 127 Å². The van der Waals surface area contributed by atoms with Crippen LogP contribution in [0.25, 0.3) is 0 Å². The van der Waals surface area contributed by atoms with Crippen LogP contribution in [0.4, 0.5) is 0 Å². The molecule has 0 radical (unpaired) electrons. The van der Waals surface area contributed by atoms with Gasteiger partial charge < -0.3 is 10.4 Å². The van der Waals surface area contributed by atoms with E-state index in [0.29, 0.717) is 30.5 Å². The molecule has 1 aromatic carbocycles. The predicted molar refractivity (Wildman–Crippen MR) is 81.4 cm³/mol. The second kappa shape index (κ2) is 7.88. The Hall–Kier alpha value is -0.580. The molecule has 1 atom stereocenters. The van der Waals surface area contributed by atoms with E-state index in [1.54, 1.807) is 0 Å². The summed E-state index contributed by atoms with van der Waals surface area (Å²) in [6.07, 6.45) is 0.680. The Kier molecular flexibility index (Phi) is 6.83. The second-order valence-electron chi connectivity index (χ2n) is 5.03. The topological polar surface area (TPSA) is 49.3 Å². The van der Waals surface area contributed by atoms with Gasteiger partial charge in [-0.05, 0) is 36.1 Å². The van der Waals surface area contributed by atoms with Crippen molar-refractivity contribution in [2.75, 3.05) is 6.54 Å². The number of carboxylic acid groups (broad SMARTS) is 1. The summed E-state index contributed by atoms with van der Waals surface area (Å²) in [5.41, 5.74) is 1.03. The number of rotatable bonds is 7. The van der Waals surface area contributed by atoms with Gasteiger partial charge in [0.25, 0.3) is 0 Å². The number of hydrogen-bond donors (Lipinski definition) is 2. The standard InChI is InChI=1S/C14H19BrClNO2/c1-9(2)5-11(14(18)19)8-17-7-10-6-12(16)3-4-13(10)15/h3-4,6,9,11,17H,5,7-8H2,1-2H3,(H,18,19). The lowest BCUT2D eigenvalue weighted by atomic mass is 9.97. The molecule has 0 spiro atoms. The van der Waals surface area contributed by atoms with Gasteiger partial charge in [-0.1, -0.05) is 41.4 Å². The summed E-state index contributed by atoms with van der Waals surface area (Å²) in [6, 6.07) is 5.58. The molecule has 1 unspecified atom stereocenters. The molecule has 0 amide bonds. The first-order valence-corrected chi connectivity index (χ1v) is 7.44. The Morgan fingerprint density at radius 1 is 1.47 bits per heavy atom. The largest absolute Gasteiger partial charge is 0.481 e. The molecular weight excluding hydrogens is 330 g/mol. The number of aliphatic carboxylic acids is 1. The molecule has 0 heterocycles. The van der Waals surface area contributed by atoms with E-state index in [9.17, 15) is 4.79 Å². The average Bonchev–Trinajstić information content (AvgIpc) is 2.31. The Morgan fingerprint density at radius 3 is 2.74 bits per heavy atom. The fourth-order valence-corrected chi connectivity index (χ4v) is 2.48. The number of halogens is 2. The van der Waals surface area contributed by atoms with Crippen LogP contribution in [0.1, 0.15) is 25.8 Å². The Morgan fingerprint density at radius 2 is 2.16 bits per heavy atom. The lowest BCUT2D eigenvalue weighted by Gasteiger charge is -2.15. The van der Waals surface area contributed by atoms with Crippen LogP contribution >= 0.6 is 27.5 Å². The first-order valence-electron chi connectivity index (χ1n) is 6.27. The minimum atomic E-state index is -0.744. The minimum Gasteiger partial charge on any atom is -0.481 e. The van der Waals surface area contributed by atoms with Crippen LogP contribution in [-0.2, 0) is 11.3 Å². The van der Waals surface area contributed by atoms with Gasteiger partial charge in [-0.25, -0.2) is 0 Å². The molecule has 5 heteroatoms. The quantitative estimate of drug-likeness (QED) is 0.784. The van der Waals surface area contributed by atoms with Crippen molar-refractivity contribution in [3.8, 4) is 0 Å². The van der Waals surface area contributed by atoms with E-state index >= 15 is 0 Å². The third-order valence-corrected chi connectivity index (χ3v) is 3.83. The molecule has 0 aliphatic heterocycles. The smallest absolute Gasteiger partial charge is 0.307 e. The van der Waals surface area contributed by atoms with Crippen LogP contribution in [0.2, 0.25) is 5.02 Å².